The lowest BCUT2D eigenvalue weighted by molar-refractivity contribution is -0.137. The first-order valence-corrected chi connectivity index (χ1v) is 6.22. The molecule has 1 aromatic carbocycles. The summed E-state index contributed by atoms with van der Waals surface area (Å²) in [6.45, 7) is 3.52. The molecule has 116 valence electrons. The van der Waals surface area contributed by atoms with Crippen molar-refractivity contribution in [2.24, 2.45) is 5.73 Å². The number of primary amides is 1. The molecule has 0 aliphatic carbocycles. The number of rotatable bonds is 5. The van der Waals surface area contributed by atoms with Crippen LogP contribution in [-0.4, -0.2) is 24.4 Å². The molecule has 0 aliphatic rings. The number of hydrogen-bond acceptors (Lipinski definition) is 3. The number of carbonyl (C=O) groups excluding carboxylic acids is 2. The van der Waals surface area contributed by atoms with Gasteiger partial charge in [0, 0.05) is 12.2 Å². The van der Waals surface area contributed by atoms with Gasteiger partial charge in [0.1, 0.15) is 6.04 Å². The molecule has 0 bridgehead atoms. The number of carbonyl (C=O) groups is 2. The molecule has 0 aromatic heterocycles. The normalized spacial score (nSPS) is 12.6. The lowest BCUT2D eigenvalue weighted by Crippen LogP contribution is -2.42. The largest absolute Gasteiger partial charge is 0.416 e. The van der Waals surface area contributed by atoms with Gasteiger partial charge < -0.3 is 16.4 Å². The van der Waals surface area contributed by atoms with Gasteiger partial charge in [-0.05, 0) is 32.0 Å². The Labute approximate surface area is 119 Å². The Morgan fingerprint density at radius 3 is 2.43 bits per heavy atom. The van der Waals surface area contributed by atoms with E-state index in [-0.39, 0.29) is 11.3 Å². The monoisotopic (exact) mass is 303 g/mol. The third-order valence-electron chi connectivity index (χ3n) is 2.73. The van der Waals surface area contributed by atoms with Crippen LogP contribution in [0.1, 0.15) is 29.8 Å². The Morgan fingerprint density at radius 1 is 1.33 bits per heavy atom. The van der Waals surface area contributed by atoms with Crippen LogP contribution in [-0.2, 0) is 11.0 Å². The Kier molecular flexibility index (Phi) is 5.17. The molecule has 1 unspecified atom stereocenters. The van der Waals surface area contributed by atoms with Gasteiger partial charge in [-0.25, -0.2) is 0 Å². The number of halogens is 3. The molecule has 0 saturated heterocycles. The summed E-state index contributed by atoms with van der Waals surface area (Å²) in [4.78, 5) is 22.9. The maximum Gasteiger partial charge on any atom is 0.416 e. The maximum absolute atomic E-state index is 12.7. The zero-order chi connectivity index (χ0) is 16.2. The number of alkyl halides is 3. The maximum atomic E-state index is 12.7. The van der Waals surface area contributed by atoms with E-state index in [0.717, 1.165) is 12.1 Å². The fourth-order valence-electron chi connectivity index (χ4n) is 1.60. The van der Waals surface area contributed by atoms with Crippen molar-refractivity contribution in [2.45, 2.75) is 26.1 Å². The van der Waals surface area contributed by atoms with Crippen LogP contribution in [0.3, 0.4) is 0 Å². The Bertz CT molecular complexity index is 544. The molecular weight excluding hydrogens is 287 g/mol. The van der Waals surface area contributed by atoms with Crippen molar-refractivity contribution in [2.75, 3.05) is 11.9 Å². The average molecular weight is 303 g/mol. The van der Waals surface area contributed by atoms with Crippen molar-refractivity contribution in [3.8, 4) is 0 Å². The van der Waals surface area contributed by atoms with E-state index in [0.29, 0.717) is 6.54 Å². The molecule has 1 rings (SSSR count). The number of amides is 2. The molecule has 0 fully saturated rings. The van der Waals surface area contributed by atoms with Gasteiger partial charge in [0.05, 0.1) is 11.1 Å². The number of anilines is 1. The molecule has 0 radical (unpaired) electrons. The molecule has 2 amide bonds. The minimum absolute atomic E-state index is 0.195. The fourth-order valence-corrected chi connectivity index (χ4v) is 1.60. The van der Waals surface area contributed by atoms with E-state index < -0.39 is 29.6 Å². The highest BCUT2D eigenvalue weighted by Crippen LogP contribution is 2.31. The van der Waals surface area contributed by atoms with Crippen molar-refractivity contribution in [3.63, 3.8) is 0 Å². The molecule has 8 heteroatoms. The van der Waals surface area contributed by atoms with Gasteiger partial charge in [-0.1, -0.05) is 0 Å². The second-order valence-corrected chi connectivity index (χ2v) is 4.39. The molecule has 1 atom stereocenters. The minimum Gasteiger partial charge on any atom is -0.385 e. The predicted octanol–water partition coefficient (Wildman–Crippen LogP) is 1.74. The van der Waals surface area contributed by atoms with E-state index >= 15 is 0 Å². The predicted molar refractivity (Wildman–Crippen MR) is 71.7 cm³/mol. The van der Waals surface area contributed by atoms with Crippen molar-refractivity contribution < 1.29 is 22.8 Å². The lowest BCUT2D eigenvalue weighted by atomic mass is 10.1. The summed E-state index contributed by atoms with van der Waals surface area (Å²) in [5.74, 6) is -1.58. The van der Waals surface area contributed by atoms with Crippen molar-refractivity contribution in [1.82, 2.24) is 5.32 Å². The summed E-state index contributed by atoms with van der Waals surface area (Å²) < 4.78 is 38.1. The highest BCUT2D eigenvalue weighted by atomic mass is 19.4. The molecule has 0 heterocycles. The van der Waals surface area contributed by atoms with E-state index in [9.17, 15) is 22.8 Å². The molecule has 21 heavy (non-hydrogen) atoms. The zero-order valence-corrected chi connectivity index (χ0v) is 11.5. The van der Waals surface area contributed by atoms with Crippen LogP contribution in [0.2, 0.25) is 0 Å². The van der Waals surface area contributed by atoms with Gasteiger partial charge in [-0.15, -0.1) is 0 Å². The summed E-state index contributed by atoms with van der Waals surface area (Å²) in [5, 5.41) is 5.05. The van der Waals surface area contributed by atoms with Crippen molar-refractivity contribution >= 4 is 17.5 Å². The first-order chi connectivity index (χ1) is 9.66. The van der Waals surface area contributed by atoms with E-state index in [4.69, 9.17) is 5.73 Å². The summed E-state index contributed by atoms with van der Waals surface area (Å²) in [6, 6.07) is 1.81. The summed E-state index contributed by atoms with van der Waals surface area (Å²) in [5.41, 5.74) is 4.12. The highest BCUT2D eigenvalue weighted by Gasteiger charge is 2.32. The molecular formula is C13H16F3N3O2. The van der Waals surface area contributed by atoms with E-state index in [2.05, 4.69) is 10.6 Å². The standard InChI is InChI=1S/C13H16F3N3O2/c1-3-18-10-5-4-8(13(14,15)16)6-9(10)12(21)19-7(2)11(17)20/h4-7,18H,3H2,1-2H3,(H2,17,20)(H,19,21). The van der Waals surface area contributed by atoms with Gasteiger partial charge in [0.25, 0.3) is 5.91 Å². The summed E-state index contributed by atoms with van der Waals surface area (Å²) >= 11 is 0. The Morgan fingerprint density at radius 2 is 1.95 bits per heavy atom. The zero-order valence-electron chi connectivity index (χ0n) is 11.5. The average Bonchev–Trinajstić information content (AvgIpc) is 2.37. The van der Waals surface area contributed by atoms with Crippen LogP contribution in [0.5, 0.6) is 0 Å². The Balaban J connectivity index is 3.17. The van der Waals surface area contributed by atoms with Crippen LogP contribution in [0.4, 0.5) is 18.9 Å². The molecule has 4 N–H and O–H groups in total. The van der Waals surface area contributed by atoms with Gasteiger partial charge in [0.2, 0.25) is 5.91 Å². The molecule has 0 spiro atoms. The van der Waals surface area contributed by atoms with Crippen LogP contribution < -0.4 is 16.4 Å². The van der Waals surface area contributed by atoms with E-state index in [1.807, 2.05) is 0 Å². The van der Waals surface area contributed by atoms with Gasteiger partial charge in [-0.3, -0.25) is 9.59 Å². The van der Waals surface area contributed by atoms with Crippen LogP contribution in [0, 0.1) is 0 Å². The first kappa shape index (κ1) is 16.8. The summed E-state index contributed by atoms with van der Waals surface area (Å²) in [7, 11) is 0. The third kappa shape index (κ3) is 4.37. The van der Waals surface area contributed by atoms with Crippen LogP contribution >= 0.6 is 0 Å². The number of benzene rings is 1. The Hall–Kier alpha value is -2.25. The fraction of sp³-hybridized carbons (Fsp3) is 0.385. The van der Waals surface area contributed by atoms with Crippen molar-refractivity contribution in [1.29, 1.82) is 0 Å². The van der Waals surface area contributed by atoms with E-state index in [1.54, 1.807) is 6.92 Å². The SMILES string of the molecule is CCNc1ccc(C(F)(F)F)cc1C(=O)NC(C)C(N)=O. The van der Waals surface area contributed by atoms with Crippen molar-refractivity contribution in [3.05, 3.63) is 29.3 Å². The van der Waals surface area contributed by atoms with Gasteiger partial charge >= 0.3 is 6.18 Å². The quantitative estimate of drug-likeness (QED) is 0.774. The molecule has 1 aromatic rings. The topological polar surface area (TPSA) is 84.2 Å². The van der Waals surface area contributed by atoms with E-state index in [1.165, 1.54) is 13.0 Å². The first-order valence-electron chi connectivity index (χ1n) is 6.22. The van der Waals surface area contributed by atoms with Gasteiger partial charge in [-0.2, -0.15) is 13.2 Å². The van der Waals surface area contributed by atoms with Crippen LogP contribution in [0.25, 0.3) is 0 Å². The third-order valence-corrected chi connectivity index (χ3v) is 2.73. The number of hydrogen-bond donors (Lipinski definition) is 3. The summed E-state index contributed by atoms with van der Waals surface area (Å²) in [6.07, 6.45) is -4.56. The second kappa shape index (κ2) is 6.47. The molecule has 5 nitrogen and oxygen atoms in total. The minimum atomic E-state index is -4.56. The lowest BCUT2D eigenvalue weighted by Gasteiger charge is -2.16. The number of nitrogens with two attached hydrogens (primary N) is 1. The molecule has 0 saturated carbocycles. The number of nitrogens with one attached hydrogen (secondary N) is 2. The van der Waals surface area contributed by atoms with Gasteiger partial charge in [0.15, 0.2) is 0 Å². The second-order valence-electron chi connectivity index (χ2n) is 4.39. The highest BCUT2D eigenvalue weighted by molar-refractivity contribution is 6.01. The molecule has 0 aliphatic heterocycles. The van der Waals surface area contributed by atoms with Crippen LogP contribution in [0.15, 0.2) is 18.2 Å². The smallest absolute Gasteiger partial charge is 0.385 e.